The van der Waals surface area contributed by atoms with Crippen LogP contribution in [0.1, 0.15) is 82.1 Å². The van der Waals surface area contributed by atoms with Crippen LogP contribution in [0.2, 0.25) is 5.31 Å². The summed E-state index contributed by atoms with van der Waals surface area (Å²) in [6, 6.07) is 0. The van der Waals surface area contributed by atoms with Crippen molar-refractivity contribution >= 4 is 19.2 Å². The van der Waals surface area contributed by atoms with Crippen molar-refractivity contribution in [1.29, 1.82) is 0 Å². The molecule has 164 valence electrons. The zero-order valence-electron chi connectivity index (χ0n) is 19.6. The van der Waals surface area contributed by atoms with E-state index >= 15 is 0 Å². The van der Waals surface area contributed by atoms with E-state index in [1.165, 1.54) is 4.90 Å². The number of nitrogens with zero attached hydrogens (tertiary/aromatic N) is 1. The maximum absolute atomic E-state index is 13.2. The van der Waals surface area contributed by atoms with Crippen molar-refractivity contribution in [2.75, 3.05) is 6.54 Å². The molecule has 0 spiro atoms. The highest BCUT2D eigenvalue weighted by Crippen LogP contribution is 2.68. The first-order valence-corrected chi connectivity index (χ1v) is 10.4. The number of hydrogen-bond acceptors (Lipinski definition) is 6. The molecule has 1 amide bonds. The summed E-state index contributed by atoms with van der Waals surface area (Å²) in [5, 5.41) is -0.446. The summed E-state index contributed by atoms with van der Waals surface area (Å²) in [6.07, 6.45) is 0.398. The first kappa shape index (κ1) is 22.4. The minimum absolute atomic E-state index is 0.345. The molecule has 7 nitrogen and oxygen atoms in total. The number of carbonyl (C=O) groups is 2. The van der Waals surface area contributed by atoms with E-state index in [0.29, 0.717) is 19.4 Å². The maximum Gasteiger partial charge on any atom is 0.466 e. The molecule has 0 N–H and O–H groups in total. The first-order valence-electron chi connectivity index (χ1n) is 10.4. The molecule has 0 atom stereocenters. The number of hydrogen-bond donors (Lipinski definition) is 0. The molecule has 2 bridgehead atoms. The first-order chi connectivity index (χ1) is 12.8. The lowest BCUT2D eigenvalue weighted by atomic mass is 9.44. The van der Waals surface area contributed by atoms with Gasteiger partial charge in [0, 0.05) is 11.9 Å². The van der Waals surface area contributed by atoms with Crippen LogP contribution in [0.15, 0.2) is 0 Å². The monoisotopic (exact) mass is 409 g/mol. The Bertz CT molecular complexity index is 690. The normalized spacial score (nSPS) is 32.8. The van der Waals surface area contributed by atoms with E-state index in [0.717, 1.165) is 0 Å². The minimum Gasteiger partial charge on any atom is -0.458 e. The largest absolute Gasteiger partial charge is 0.466 e. The molecule has 0 aromatic rings. The third-order valence-electron chi connectivity index (χ3n) is 6.42. The number of esters is 1. The number of amides is 1. The highest BCUT2D eigenvalue weighted by Gasteiger charge is 2.78. The summed E-state index contributed by atoms with van der Waals surface area (Å²) in [5.41, 5.74) is -3.28. The average molecular weight is 409 g/mol. The molecule has 3 saturated heterocycles. The Hall–Kier alpha value is -1.28. The Balaban J connectivity index is 1.89. The van der Waals surface area contributed by atoms with Crippen molar-refractivity contribution < 1.29 is 28.4 Å². The lowest BCUT2D eigenvalue weighted by Gasteiger charge is -2.46. The number of rotatable bonds is 2. The number of ether oxygens (including phenoxy) is 2. The van der Waals surface area contributed by atoms with E-state index < -0.39 is 46.5 Å². The van der Waals surface area contributed by atoms with Gasteiger partial charge in [-0.15, -0.1) is 0 Å². The van der Waals surface area contributed by atoms with Crippen LogP contribution >= 0.6 is 0 Å². The van der Waals surface area contributed by atoms with Crippen molar-refractivity contribution in [3.8, 4) is 0 Å². The van der Waals surface area contributed by atoms with Crippen molar-refractivity contribution in [1.82, 2.24) is 4.90 Å². The Kier molecular flexibility index (Phi) is 4.74. The van der Waals surface area contributed by atoms with Gasteiger partial charge in [0.15, 0.2) is 0 Å². The SMILES string of the molecule is CC(C)(C)OC(=O)N1CC2(B3OC(C)(C)C(C)(C)O3)CC1(C(=O)OC(C)(C)C)C2. The zero-order valence-corrected chi connectivity index (χ0v) is 19.6. The minimum atomic E-state index is -1.03. The van der Waals surface area contributed by atoms with Gasteiger partial charge in [-0.25, -0.2) is 9.59 Å². The average Bonchev–Trinajstić information content (AvgIpc) is 3.00. The molecule has 0 aromatic heterocycles. The quantitative estimate of drug-likeness (QED) is 0.508. The third kappa shape index (κ3) is 3.67. The fourth-order valence-electron chi connectivity index (χ4n) is 4.40. The highest BCUT2D eigenvalue weighted by molar-refractivity contribution is 6.51. The van der Waals surface area contributed by atoms with Gasteiger partial charge in [0.25, 0.3) is 0 Å². The third-order valence-corrected chi connectivity index (χ3v) is 6.42. The van der Waals surface area contributed by atoms with E-state index in [9.17, 15) is 9.59 Å². The number of fused-ring (bicyclic) bond motifs is 1. The van der Waals surface area contributed by atoms with E-state index in [1.54, 1.807) is 0 Å². The molecule has 4 rings (SSSR count). The lowest BCUT2D eigenvalue weighted by Crippen LogP contribution is -2.60. The summed E-state index contributed by atoms with van der Waals surface area (Å²) in [6.45, 7) is 19.3. The van der Waals surface area contributed by atoms with Gasteiger partial charge in [-0.3, -0.25) is 4.90 Å². The number of carbonyl (C=O) groups excluding carboxylic acids is 2. The Morgan fingerprint density at radius 2 is 1.31 bits per heavy atom. The molecule has 1 saturated carbocycles. The molecular formula is C21H36BNO6. The van der Waals surface area contributed by atoms with E-state index in [2.05, 4.69) is 0 Å². The molecule has 29 heavy (non-hydrogen) atoms. The van der Waals surface area contributed by atoms with Gasteiger partial charge in [0.1, 0.15) is 16.7 Å². The second kappa shape index (κ2) is 6.13. The maximum atomic E-state index is 13.2. The summed E-state index contributed by atoms with van der Waals surface area (Å²) in [7, 11) is -0.490. The van der Waals surface area contributed by atoms with Crippen molar-refractivity contribution in [2.45, 2.75) is 115 Å². The molecule has 3 heterocycles. The van der Waals surface area contributed by atoms with Gasteiger partial charge in [0.2, 0.25) is 0 Å². The molecule has 0 radical (unpaired) electrons. The van der Waals surface area contributed by atoms with Gasteiger partial charge in [-0.2, -0.15) is 0 Å². The Morgan fingerprint density at radius 1 is 0.862 bits per heavy atom. The molecule has 3 aliphatic heterocycles. The molecule has 4 aliphatic rings. The molecule has 0 unspecified atom stereocenters. The van der Waals surface area contributed by atoms with Gasteiger partial charge in [0.05, 0.1) is 11.2 Å². The van der Waals surface area contributed by atoms with Crippen LogP contribution in [0, 0.1) is 0 Å². The fourth-order valence-corrected chi connectivity index (χ4v) is 4.40. The van der Waals surface area contributed by atoms with E-state index in [1.807, 2.05) is 69.2 Å². The van der Waals surface area contributed by atoms with Gasteiger partial charge in [-0.05, 0) is 82.1 Å². The second-order valence-corrected chi connectivity index (χ2v) is 11.9. The van der Waals surface area contributed by atoms with Crippen LogP contribution in [0.4, 0.5) is 4.79 Å². The zero-order chi connectivity index (χ0) is 22.3. The summed E-state index contributed by atoms with van der Waals surface area (Å²) < 4.78 is 23.9. The van der Waals surface area contributed by atoms with Crippen LogP contribution in [-0.4, -0.2) is 58.6 Å². The van der Waals surface area contributed by atoms with Crippen molar-refractivity contribution in [3.63, 3.8) is 0 Å². The van der Waals surface area contributed by atoms with Crippen molar-refractivity contribution in [2.24, 2.45) is 0 Å². The van der Waals surface area contributed by atoms with Gasteiger partial charge >= 0.3 is 19.2 Å². The van der Waals surface area contributed by atoms with E-state index in [4.69, 9.17) is 18.8 Å². The lowest BCUT2D eigenvalue weighted by molar-refractivity contribution is -0.170. The fraction of sp³-hybridized carbons (Fsp3) is 0.905. The predicted octanol–water partition coefficient (Wildman–Crippen LogP) is 3.94. The summed E-state index contributed by atoms with van der Waals surface area (Å²) >= 11 is 0. The topological polar surface area (TPSA) is 74.3 Å². The van der Waals surface area contributed by atoms with Crippen molar-refractivity contribution in [3.05, 3.63) is 0 Å². The van der Waals surface area contributed by atoms with Crippen LogP contribution in [-0.2, 0) is 23.6 Å². The van der Waals surface area contributed by atoms with Crippen LogP contribution in [0.25, 0.3) is 0 Å². The van der Waals surface area contributed by atoms with Crippen LogP contribution in [0.5, 0.6) is 0 Å². The molecule has 0 aromatic carbocycles. The summed E-state index contributed by atoms with van der Waals surface area (Å²) in [4.78, 5) is 27.7. The highest BCUT2D eigenvalue weighted by atomic mass is 16.7. The smallest absolute Gasteiger partial charge is 0.458 e. The standard InChI is InChI=1S/C21H36BNO6/c1-16(2,3)26-14(24)21-11-20(12-21,13-23(21)15(25)27-17(4,5)6)22-28-18(7,8)19(9,10)29-22/h11-13H2,1-10H3. The predicted molar refractivity (Wildman–Crippen MR) is 110 cm³/mol. The van der Waals surface area contributed by atoms with Crippen LogP contribution < -0.4 is 0 Å². The molecular weight excluding hydrogens is 373 g/mol. The Labute approximate surface area is 174 Å². The second-order valence-electron chi connectivity index (χ2n) is 11.9. The Morgan fingerprint density at radius 3 is 1.72 bits per heavy atom. The van der Waals surface area contributed by atoms with Crippen LogP contribution in [0.3, 0.4) is 0 Å². The molecule has 1 aliphatic carbocycles. The van der Waals surface area contributed by atoms with Gasteiger partial charge < -0.3 is 18.8 Å². The molecule has 8 heteroatoms. The van der Waals surface area contributed by atoms with Gasteiger partial charge in [-0.1, -0.05) is 0 Å². The van der Waals surface area contributed by atoms with E-state index in [-0.39, 0.29) is 5.97 Å². The molecule has 4 fully saturated rings. The summed E-state index contributed by atoms with van der Waals surface area (Å²) in [5.74, 6) is -0.388.